The standard InChI is InChI=1S/C23H23Cl3INO4/c24-23(25,26)22-28-18-16(13-32-22)19(29)21(31-12-15-9-5-2-6-10-15)20(17(18)27)30-11-14-7-3-1-4-8-14/h1-10,16-21,29H,11-13H2/t16-,17-,18+,19+,20-,21-/m0/s1. The summed E-state index contributed by atoms with van der Waals surface area (Å²) in [6.45, 7) is 0.935. The number of aliphatic hydroxyl groups is 1. The van der Waals surface area contributed by atoms with Crippen molar-refractivity contribution in [3.8, 4) is 0 Å². The number of alkyl halides is 4. The summed E-state index contributed by atoms with van der Waals surface area (Å²) in [7, 11) is 0. The molecule has 172 valence electrons. The molecule has 0 saturated heterocycles. The van der Waals surface area contributed by atoms with Gasteiger partial charge in [0.1, 0.15) is 12.2 Å². The summed E-state index contributed by atoms with van der Waals surface area (Å²) in [5.74, 6) is -0.256. The van der Waals surface area contributed by atoms with Crippen molar-refractivity contribution in [3.05, 3.63) is 71.8 Å². The molecule has 0 spiro atoms. The Balaban J connectivity index is 1.57. The van der Waals surface area contributed by atoms with Crippen molar-refractivity contribution in [1.82, 2.24) is 0 Å². The molecule has 2 aliphatic rings. The van der Waals surface area contributed by atoms with Crippen LogP contribution in [0.5, 0.6) is 0 Å². The van der Waals surface area contributed by atoms with E-state index >= 15 is 0 Å². The molecule has 1 N–H and O–H groups in total. The first-order valence-corrected chi connectivity index (χ1v) is 12.6. The van der Waals surface area contributed by atoms with Gasteiger partial charge in [0, 0.05) is 5.92 Å². The van der Waals surface area contributed by atoms with E-state index in [1.807, 2.05) is 60.7 Å². The van der Waals surface area contributed by atoms with E-state index in [2.05, 4.69) is 27.6 Å². The van der Waals surface area contributed by atoms with Crippen LogP contribution >= 0.6 is 57.4 Å². The quantitative estimate of drug-likeness (QED) is 0.365. The van der Waals surface area contributed by atoms with Gasteiger partial charge in [-0.3, -0.25) is 0 Å². The number of rotatable bonds is 6. The van der Waals surface area contributed by atoms with Crippen molar-refractivity contribution in [2.75, 3.05) is 6.61 Å². The van der Waals surface area contributed by atoms with Gasteiger partial charge < -0.3 is 19.3 Å². The zero-order valence-electron chi connectivity index (χ0n) is 17.0. The molecule has 6 atom stereocenters. The molecule has 2 aromatic carbocycles. The van der Waals surface area contributed by atoms with Crippen LogP contribution in [0, 0.1) is 5.92 Å². The van der Waals surface area contributed by atoms with Gasteiger partial charge in [0.15, 0.2) is 0 Å². The van der Waals surface area contributed by atoms with Gasteiger partial charge in [-0.2, -0.15) is 0 Å². The SMILES string of the molecule is O[C@@H]1[C@H]2COC(C(Cl)(Cl)Cl)=N[C@H]2[C@H](I)[C@H](OCc2ccccc2)[C@H]1OCc1ccccc1. The van der Waals surface area contributed by atoms with Crippen LogP contribution < -0.4 is 0 Å². The number of aliphatic imine (C=N–C) groups is 1. The summed E-state index contributed by atoms with van der Waals surface area (Å²) >= 11 is 20.3. The van der Waals surface area contributed by atoms with Crippen molar-refractivity contribution in [1.29, 1.82) is 0 Å². The van der Waals surface area contributed by atoms with Crippen LogP contribution in [-0.2, 0) is 27.4 Å². The Bertz CT molecular complexity index is 912. The second-order valence-corrected chi connectivity index (χ2v) is 11.6. The lowest BCUT2D eigenvalue weighted by Gasteiger charge is -2.47. The van der Waals surface area contributed by atoms with Crippen molar-refractivity contribution in [2.45, 2.75) is 45.3 Å². The maximum absolute atomic E-state index is 11.3. The molecule has 0 radical (unpaired) electrons. The molecule has 32 heavy (non-hydrogen) atoms. The molecule has 5 nitrogen and oxygen atoms in total. The Morgan fingerprint density at radius 3 is 2.00 bits per heavy atom. The number of benzene rings is 2. The van der Waals surface area contributed by atoms with Crippen LogP contribution in [-0.4, -0.2) is 49.7 Å². The van der Waals surface area contributed by atoms with Gasteiger partial charge in [0.2, 0.25) is 5.90 Å². The Morgan fingerprint density at radius 2 is 1.47 bits per heavy atom. The summed E-state index contributed by atoms with van der Waals surface area (Å²) in [6, 6.07) is 19.4. The highest BCUT2D eigenvalue weighted by molar-refractivity contribution is 14.1. The monoisotopic (exact) mass is 609 g/mol. The highest BCUT2D eigenvalue weighted by Gasteiger charge is 2.53. The molecular weight excluding hydrogens is 588 g/mol. The van der Waals surface area contributed by atoms with E-state index in [1.54, 1.807) is 0 Å². The Hall–Kier alpha value is -0.610. The molecule has 0 bridgehead atoms. The first-order valence-electron chi connectivity index (χ1n) is 10.3. The fourth-order valence-corrected chi connectivity index (χ4v) is 5.65. The van der Waals surface area contributed by atoms with E-state index < -0.39 is 22.1 Å². The van der Waals surface area contributed by atoms with Crippen molar-refractivity contribution in [2.24, 2.45) is 10.9 Å². The molecule has 1 aliphatic heterocycles. The number of aliphatic hydroxyl groups excluding tert-OH is 1. The lowest BCUT2D eigenvalue weighted by molar-refractivity contribution is -0.172. The van der Waals surface area contributed by atoms with E-state index in [4.69, 9.17) is 49.0 Å². The van der Waals surface area contributed by atoms with Crippen LogP contribution in [0.25, 0.3) is 0 Å². The summed E-state index contributed by atoms with van der Waals surface area (Å²) in [5.41, 5.74) is 2.05. The number of hydrogen-bond donors (Lipinski definition) is 1. The van der Waals surface area contributed by atoms with Gasteiger partial charge in [-0.1, -0.05) is 118 Å². The van der Waals surface area contributed by atoms with E-state index in [1.165, 1.54) is 0 Å². The first-order chi connectivity index (χ1) is 15.3. The molecule has 1 saturated carbocycles. The minimum Gasteiger partial charge on any atom is -0.477 e. The molecule has 1 fully saturated rings. The molecule has 1 aliphatic carbocycles. The lowest BCUT2D eigenvalue weighted by atomic mass is 9.78. The molecule has 0 aromatic heterocycles. The fourth-order valence-electron chi connectivity index (χ4n) is 4.03. The summed E-state index contributed by atoms with van der Waals surface area (Å²) in [5, 5.41) is 11.3. The van der Waals surface area contributed by atoms with E-state index in [0.717, 1.165) is 11.1 Å². The highest BCUT2D eigenvalue weighted by Crippen LogP contribution is 2.41. The van der Waals surface area contributed by atoms with E-state index in [0.29, 0.717) is 13.2 Å². The molecular formula is C23H23Cl3INO4. The van der Waals surface area contributed by atoms with Gasteiger partial charge in [0.05, 0.1) is 35.9 Å². The number of hydrogen-bond acceptors (Lipinski definition) is 5. The summed E-state index contributed by atoms with van der Waals surface area (Å²) in [6.07, 6.45) is -1.83. The zero-order chi connectivity index (χ0) is 22.7. The summed E-state index contributed by atoms with van der Waals surface area (Å²) in [4.78, 5) is 4.56. The normalized spacial score (nSPS) is 30.2. The number of halogens is 4. The van der Waals surface area contributed by atoms with Crippen LogP contribution in [0.4, 0.5) is 0 Å². The maximum Gasteiger partial charge on any atom is 0.266 e. The van der Waals surface area contributed by atoms with Crippen LogP contribution in [0.2, 0.25) is 0 Å². The summed E-state index contributed by atoms with van der Waals surface area (Å²) < 4.78 is 16.3. The molecule has 2 aromatic rings. The molecule has 4 rings (SSSR count). The van der Waals surface area contributed by atoms with Crippen LogP contribution in [0.3, 0.4) is 0 Å². The average Bonchev–Trinajstić information content (AvgIpc) is 2.80. The molecule has 0 unspecified atom stereocenters. The van der Waals surface area contributed by atoms with Gasteiger partial charge in [0.25, 0.3) is 3.79 Å². The lowest BCUT2D eigenvalue weighted by Crippen LogP contribution is -2.62. The Labute approximate surface area is 216 Å². The Morgan fingerprint density at radius 1 is 0.938 bits per heavy atom. The smallest absolute Gasteiger partial charge is 0.266 e. The highest BCUT2D eigenvalue weighted by atomic mass is 127. The first kappa shape index (κ1) is 24.5. The molecule has 9 heteroatoms. The molecule has 1 heterocycles. The third kappa shape index (κ3) is 5.71. The topological polar surface area (TPSA) is 60.3 Å². The second-order valence-electron chi connectivity index (χ2n) is 7.85. The van der Waals surface area contributed by atoms with E-state index in [-0.39, 0.29) is 28.4 Å². The minimum atomic E-state index is -1.76. The molecule has 0 amide bonds. The van der Waals surface area contributed by atoms with Crippen molar-refractivity contribution in [3.63, 3.8) is 0 Å². The number of fused-ring (bicyclic) bond motifs is 1. The predicted molar refractivity (Wildman–Crippen MR) is 135 cm³/mol. The zero-order valence-corrected chi connectivity index (χ0v) is 21.4. The fraction of sp³-hybridized carbons (Fsp3) is 0.435. The second kappa shape index (κ2) is 10.8. The number of ether oxygens (including phenoxy) is 3. The van der Waals surface area contributed by atoms with Gasteiger partial charge >= 0.3 is 0 Å². The third-order valence-corrected chi connectivity index (χ3v) is 7.60. The minimum absolute atomic E-state index is 0.0445. The van der Waals surface area contributed by atoms with Gasteiger partial charge in [-0.05, 0) is 11.1 Å². The third-order valence-electron chi connectivity index (χ3n) is 5.67. The average molecular weight is 611 g/mol. The van der Waals surface area contributed by atoms with Crippen LogP contribution in [0.15, 0.2) is 65.7 Å². The van der Waals surface area contributed by atoms with Gasteiger partial charge in [-0.15, -0.1) is 0 Å². The largest absolute Gasteiger partial charge is 0.477 e. The maximum atomic E-state index is 11.3. The van der Waals surface area contributed by atoms with Crippen molar-refractivity contribution >= 4 is 63.3 Å². The van der Waals surface area contributed by atoms with Crippen LogP contribution in [0.1, 0.15) is 11.1 Å². The Kier molecular flexibility index (Phi) is 8.24. The van der Waals surface area contributed by atoms with Crippen molar-refractivity contribution < 1.29 is 19.3 Å². The predicted octanol–water partition coefficient (Wildman–Crippen LogP) is 5.12. The number of nitrogens with zero attached hydrogens (tertiary/aromatic N) is 1. The van der Waals surface area contributed by atoms with E-state index in [9.17, 15) is 5.11 Å². The van der Waals surface area contributed by atoms with Gasteiger partial charge in [-0.25, -0.2) is 4.99 Å².